The van der Waals surface area contributed by atoms with Crippen LogP contribution in [0.1, 0.15) is 30.4 Å². The molecule has 0 atom stereocenters. The highest BCUT2D eigenvalue weighted by molar-refractivity contribution is 5.99. The van der Waals surface area contributed by atoms with Crippen molar-refractivity contribution in [2.24, 2.45) is 5.73 Å². The van der Waals surface area contributed by atoms with E-state index in [1.807, 2.05) is 12.1 Å². The first-order valence-electron chi connectivity index (χ1n) is 5.40. The van der Waals surface area contributed by atoms with Gasteiger partial charge in [0.05, 0.1) is 6.42 Å². The number of benzene rings is 1. The molecule has 1 fully saturated rings. The first kappa shape index (κ1) is 8.92. The highest BCUT2D eigenvalue weighted by Crippen LogP contribution is 2.40. The van der Waals surface area contributed by atoms with Gasteiger partial charge >= 0.3 is 0 Å². The molecule has 1 aromatic rings. The quantitative estimate of drug-likeness (QED) is 0.725. The first-order valence-corrected chi connectivity index (χ1v) is 5.40. The van der Waals surface area contributed by atoms with E-state index < -0.39 is 0 Å². The zero-order chi connectivity index (χ0) is 10.5. The lowest BCUT2D eigenvalue weighted by molar-refractivity contribution is -0.115. The third-order valence-corrected chi connectivity index (χ3v) is 3.55. The fourth-order valence-corrected chi connectivity index (χ4v) is 2.39. The predicted octanol–water partition coefficient (Wildman–Crippen LogP) is 1.52. The summed E-state index contributed by atoms with van der Waals surface area (Å²) in [6, 6.07) is 6.11. The Morgan fingerprint density at radius 2 is 2.13 bits per heavy atom. The van der Waals surface area contributed by atoms with Crippen LogP contribution < -0.4 is 11.1 Å². The maximum Gasteiger partial charge on any atom is 0.228 e. The number of hydrogen-bond acceptors (Lipinski definition) is 2. The van der Waals surface area contributed by atoms with Crippen molar-refractivity contribution in [2.45, 2.75) is 31.2 Å². The molecule has 3 rings (SSSR count). The summed E-state index contributed by atoms with van der Waals surface area (Å²) in [5.74, 6) is 0.0850. The van der Waals surface area contributed by atoms with Gasteiger partial charge in [-0.25, -0.2) is 0 Å². The number of nitrogens with two attached hydrogens (primary N) is 1. The number of carbonyl (C=O) groups excluding carboxylic acids is 1. The summed E-state index contributed by atoms with van der Waals surface area (Å²) >= 11 is 0. The number of rotatable bonds is 1. The topological polar surface area (TPSA) is 55.1 Å². The van der Waals surface area contributed by atoms with Crippen LogP contribution in [0.25, 0.3) is 0 Å². The molecule has 15 heavy (non-hydrogen) atoms. The molecule has 0 radical (unpaired) electrons. The van der Waals surface area contributed by atoms with Crippen LogP contribution in [0.5, 0.6) is 0 Å². The summed E-state index contributed by atoms with van der Waals surface area (Å²) in [6.07, 6.45) is 3.84. The molecule has 0 bridgehead atoms. The molecule has 3 nitrogen and oxygen atoms in total. The summed E-state index contributed by atoms with van der Waals surface area (Å²) in [5.41, 5.74) is 9.35. The third-order valence-electron chi connectivity index (χ3n) is 3.55. The Morgan fingerprint density at radius 1 is 1.33 bits per heavy atom. The number of fused-ring (bicyclic) bond motifs is 1. The molecule has 1 saturated carbocycles. The number of carbonyl (C=O) groups is 1. The lowest BCUT2D eigenvalue weighted by Crippen LogP contribution is -2.43. The van der Waals surface area contributed by atoms with Gasteiger partial charge in [-0.15, -0.1) is 0 Å². The molecule has 3 heteroatoms. The van der Waals surface area contributed by atoms with Crippen LogP contribution in [-0.2, 0) is 16.8 Å². The van der Waals surface area contributed by atoms with Crippen LogP contribution in [0.2, 0.25) is 0 Å². The van der Waals surface area contributed by atoms with Crippen molar-refractivity contribution >= 4 is 11.6 Å². The Kier molecular flexibility index (Phi) is 1.68. The summed E-state index contributed by atoms with van der Waals surface area (Å²) in [6.45, 7) is 0. The first-order chi connectivity index (χ1) is 7.17. The maximum atomic E-state index is 11.2. The van der Waals surface area contributed by atoms with E-state index in [2.05, 4.69) is 11.4 Å². The molecule has 0 aromatic heterocycles. The smallest absolute Gasteiger partial charge is 0.228 e. The van der Waals surface area contributed by atoms with E-state index in [0.29, 0.717) is 6.42 Å². The summed E-state index contributed by atoms with van der Waals surface area (Å²) in [5, 5.41) is 2.83. The molecule has 3 N–H and O–H groups in total. The lowest BCUT2D eigenvalue weighted by Gasteiger charge is -2.38. The lowest BCUT2D eigenvalue weighted by atomic mass is 9.72. The monoisotopic (exact) mass is 202 g/mol. The van der Waals surface area contributed by atoms with E-state index in [9.17, 15) is 4.79 Å². The minimum Gasteiger partial charge on any atom is -0.326 e. The minimum atomic E-state index is -0.124. The van der Waals surface area contributed by atoms with E-state index in [1.54, 1.807) is 0 Å². The van der Waals surface area contributed by atoms with Gasteiger partial charge in [-0.3, -0.25) is 4.79 Å². The fourth-order valence-electron chi connectivity index (χ4n) is 2.39. The molecular formula is C12H14N2O. The Balaban J connectivity index is 1.99. The van der Waals surface area contributed by atoms with Crippen molar-refractivity contribution in [3.63, 3.8) is 0 Å². The fraction of sp³-hybridized carbons (Fsp3) is 0.417. The second-order valence-electron chi connectivity index (χ2n) is 4.61. The van der Waals surface area contributed by atoms with Gasteiger partial charge in [0, 0.05) is 11.2 Å². The summed E-state index contributed by atoms with van der Waals surface area (Å²) in [7, 11) is 0. The Labute approximate surface area is 88.7 Å². The van der Waals surface area contributed by atoms with E-state index in [4.69, 9.17) is 5.73 Å². The molecule has 1 amide bonds. The zero-order valence-corrected chi connectivity index (χ0v) is 8.55. The van der Waals surface area contributed by atoms with E-state index in [1.165, 1.54) is 12.0 Å². The Hall–Kier alpha value is -1.35. The minimum absolute atomic E-state index is 0.0850. The van der Waals surface area contributed by atoms with Crippen molar-refractivity contribution < 1.29 is 4.79 Å². The number of nitrogens with one attached hydrogen (secondary N) is 1. The Bertz CT molecular complexity index is 435. The van der Waals surface area contributed by atoms with Gasteiger partial charge in [0.1, 0.15) is 0 Å². The van der Waals surface area contributed by atoms with Crippen LogP contribution in [0, 0.1) is 0 Å². The zero-order valence-electron chi connectivity index (χ0n) is 8.55. The van der Waals surface area contributed by atoms with Crippen LogP contribution in [0.15, 0.2) is 18.2 Å². The van der Waals surface area contributed by atoms with Crippen molar-refractivity contribution in [3.05, 3.63) is 29.3 Å². The molecule has 2 aliphatic rings. The molecule has 1 aliphatic carbocycles. The summed E-state index contributed by atoms with van der Waals surface area (Å²) < 4.78 is 0. The number of amides is 1. The van der Waals surface area contributed by atoms with Gasteiger partial charge in [-0.2, -0.15) is 0 Å². The van der Waals surface area contributed by atoms with Crippen molar-refractivity contribution in [1.82, 2.24) is 0 Å². The highest BCUT2D eigenvalue weighted by Gasteiger charge is 2.35. The molecule has 1 heterocycles. The van der Waals surface area contributed by atoms with Gasteiger partial charge in [-0.1, -0.05) is 12.1 Å². The van der Waals surface area contributed by atoms with Gasteiger partial charge < -0.3 is 11.1 Å². The molecule has 0 unspecified atom stereocenters. The molecule has 1 aliphatic heterocycles. The largest absolute Gasteiger partial charge is 0.326 e. The number of anilines is 1. The normalized spacial score (nSPS) is 21.8. The number of hydrogen-bond donors (Lipinski definition) is 2. The van der Waals surface area contributed by atoms with Gasteiger partial charge in [-0.05, 0) is 36.5 Å². The standard InChI is InChI=1S/C12H14N2O/c13-12(4-1-5-12)9-2-3-10-8(6-9)7-11(15)14-10/h2-3,6H,1,4-5,7,13H2,(H,14,15). The van der Waals surface area contributed by atoms with E-state index >= 15 is 0 Å². The third kappa shape index (κ3) is 1.27. The van der Waals surface area contributed by atoms with E-state index in [-0.39, 0.29) is 11.4 Å². The average Bonchev–Trinajstić information content (AvgIpc) is 2.53. The predicted molar refractivity (Wildman–Crippen MR) is 58.5 cm³/mol. The van der Waals surface area contributed by atoms with Crippen LogP contribution >= 0.6 is 0 Å². The average molecular weight is 202 g/mol. The SMILES string of the molecule is NC1(c2ccc3c(c2)CC(=O)N3)CCC1. The molecule has 0 spiro atoms. The molecule has 1 aromatic carbocycles. The maximum absolute atomic E-state index is 11.2. The van der Waals surface area contributed by atoms with Gasteiger partial charge in [0.15, 0.2) is 0 Å². The van der Waals surface area contributed by atoms with E-state index in [0.717, 1.165) is 24.1 Å². The molecule has 78 valence electrons. The van der Waals surface area contributed by atoms with Crippen molar-refractivity contribution in [1.29, 1.82) is 0 Å². The summed E-state index contributed by atoms with van der Waals surface area (Å²) in [4.78, 5) is 11.2. The molecule has 0 saturated heterocycles. The van der Waals surface area contributed by atoms with Crippen LogP contribution in [0.3, 0.4) is 0 Å². The van der Waals surface area contributed by atoms with Crippen LogP contribution in [0.4, 0.5) is 5.69 Å². The van der Waals surface area contributed by atoms with Gasteiger partial charge in [0.25, 0.3) is 0 Å². The Morgan fingerprint density at radius 3 is 2.80 bits per heavy atom. The van der Waals surface area contributed by atoms with Crippen molar-refractivity contribution in [2.75, 3.05) is 5.32 Å². The second-order valence-corrected chi connectivity index (χ2v) is 4.61. The molecular weight excluding hydrogens is 188 g/mol. The highest BCUT2D eigenvalue weighted by atomic mass is 16.1. The van der Waals surface area contributed by atoms with Crippen molar-refractivity contribution in [3.8, 4) is 0 Å². The van der Waals surface area contributed by atoms with Crippen LogP contribution in [-0.4, -0.2) is 5.91 Å². The second kappa shape index (κ2) is 2.83. The van der Waals surface area contributed by atoms with Gasteiger partial charge in [0.2, 0.25) is 5.91 Å².